The van der Waals surface area contributed by atoms with E-state index in [0.717, 1.165) is 28.4 Å². The number of nitrogens with zero attached hydrogens (tertiary/aromatic N) is 2. The number of aryl methyl sites for hydroxylation is 2. The molecule has 0 spiro atoms. The number of rotatable bonds is 1. The molecule has 4 nitrogen and oxygen atoms in total. The Bertz CT molecular complexity index is 444. The molecule has 2 aromatic heterocycles. The van der Waals surface area contributed by atoms with Crippen LogP contribution >= 0.6 is 0 Å². The first-order valence-corrected chi connectivity index (χ1v) is 4.22. The molecular weight excluding hydrogens is 164 g/mol. The van der Waals surface area contributed by atoms with Gasteiger partial charge in [0.15, 0.2) is 0 Å². The second-order valence-corrected chi connectivity index (χ2v) is 3.08. The fourth-order valence-corrected chi connectivity index (χ4v) is 1.44. The Kier molecular flexibility index (Phi) is 1.69. The third kappa shape index (κ3) is 1.24. The van der Waals surface area contributed by atoms with Gasteiger partial charge in [0, 0.05) is 12.7 Å². The number of anilines is 1. The van der Waals surface area contributed by atoms with Crippen LogP contribution in [0, 0.1) is 13.8 Å². The summed E-state index contributed by atoms with van der Waals surface area (Å²) >= 11 is 0. The first-order valence-electron chi connectivity index (χ1n) is 4.22. The van der Waals surface area contributed by atoms with Crippen molar-refractivity contribution in [3.63, 3.8) is 0 Å². The van der Waals surface area contributed by atoms with Crippen LogP contribution in [0.25, 0.3) is 11.0 Å². The Morgan fingerprint density at radius 1 is 1.31 bits per heavy atom. The van der Waals surface area contributed by atoms with E-state index in [0.29, 0.717) is 0 Å². The van der Waals surface area contributed by atoms with Crippen molar-refractivity contribution in [1.82, 2.24) is 15.0 Å². The Labute approximate surface area is 76.4 Å². The predicted octanol–water partition coefficient (Wildman–Crippen LogP) is 1.62. The molecule has 4 heteroatoms. The van der Waals surface area contributed by atoms with E-state index >= 15 is 0 Å². The number of fused-ring (bicyclic) bond motifs is 1. The van der Waals surface area contributed by atoms with E-state index in [9.17, 15) is 0 Å². The average Bonchev–Trinajstić information content (AvgIpc) is 2.43. The summed E-state index contributed by atoms with van der Waals surface area (Å²) in [5.74, 6) is 1.66. The maximum atomic E-state index is 4.30. The Hall–Kier alpha value is -1.58. The van der Waals surface area contributed by atoms with Gasteiger partial charge in [-0.3, -0.25) is 0 Å². The van der Waals surface area contributed by atoms with Crippen molar-refractivity contribution in [1.29, 1.82) is 0 Å². The molecule has 0 aliphatic heterocycles. The van der Waals surface area contributed by atoms with Crippen LogP contribution in [0.4, 0.5) is 5.82 Å². The van der Waals surface area contributed by atoms with E-state index in [2.05, 4.69) is 20.3 Å². The average molecular weight is 176 g/mol. The number of hydrogen-bond donors (Lipinski definition) is 2. The van der Waals surface area contributed by atoms with Gasteiger partial charge in [-0.15, -0.1) is 0 Å². The van der Waals surface area contributed by atoms with Gasteiger partial charge in [-0.1, -0.05) is 0 Å². The fraction of sp³-hybridized carbons (Fsp3) is 0.333. The summed E-state index contributed by atoms with van der Waals surface area (Å²) in [6, 6.07) is 2.04. The molecule has 0 saturated heterocycles. The lowest BCUT2D eigenvalue weighted by atomic mass is 10.3. The third-order valence-corrected chi connectivity index (χ3v) is 1.97. The lowest BCUT2D eigenvalue weighted by Crippen LogP contribution is -1.96. The molecule has 0 radical (unpaired) electrons. The minimum atomic E-state index is 0.777. The van der Waals surface area contributed by atoms with Crippen molar-refractivity contribution in [3.05, 3.63) is 17.6 Å². The SMILES string of the molecule is CNc1nc(C)nc2[nH]c(C)cc12. The number of nitrogens with one attached hydrogen (secondary N) is 2. The van der Waals surface area contributed by atoms with Crippen molar-refractivity contribution in [2.75, 3.05) is 12.4 Å². The number of hydrogen-bond acceptors (Lipinski definition) is 3. The number of aromatic nitrogens is 3. The van der Waals surface area contributed by atoms with Crippen LogP contribution < -0.4 is 5.32 Å². The smallest absolute Gasteiger partial charge is 0.143 e. The maximum Gasteiger partial charge on any atom is 0.143 e. The molecule has 0 fully saturated rings. The molecule has 2 aromatic rings. The van der Waals surface area contributed by atoms with Gasteiger partial charge in [0.05, 0.1) is 5.39 Å². The van der Waals surface area contributed by atoms with Crippen LogP contribution in [0.2, 0.25) is 0 Å². The number of H-pyrrole nitrogens is 1. The highest BCUT2D eigenvalue weighted by Crippen LogP contribution is 2.20. The zero-order valence-electron chi connectivity index (χ0n) is 7.97. The molecule has 0 unspecified atom stereocenters. The highest BCUT2D eigenvalue weighted by molar-refractivity contribution is 5.87. The summed E-state index contributed by atoms with van der Waals surface area (Å²) in [4.78, 5) is 11.8. The van der Waals surface area contributed by atoms with E-state index in [1.165, 1.54) is 0 Å². The second kappa shape index (κ2) is 2.73. The summed E-state index contributed by atoms with van der Waals surface area (Å²) in [6.45, 7) is 3.90. The zero-order valence-corrected chi connectivity index (χ0v) is 7.97. The van der Waals surface area contributed by atoms with Crippen LogP contribution in [0.1, 0.15) is 11.5 Å². The van der Waals surface area contributed by atoms with Crippen molar-refractivity contribution in [3.8, 4) is 0 Å². The summed E-state index contributed by atoms with van der Waals surface area (Å²) in [7, 11) is 1.86. The minimum absolute atomic E-state index is 0.777. The standard InChI is InChI=1S/C9H12N4/c1-5-4-7-8(10-3)12-6(2)13-9(7)11-5/h4H,1-3H3,(H2,10,11,12,13). The monoisotopic (exact) mass is 176 g/mol. The molecule has 2 rings (SSSR count). The molecule has 0 bridgehead atoms. The molecule has 2 heterocycles. The summed E-state index contributed by atoms with van der Waals surface area (Å²) in [6.07, 6.45) is 0. The van der Waals surface area contributed by atoms with Gasteiger partial charge in [0.25, 0.3) is 0 Å². The predicted molar refractivity (Wildman–Crippen MR) is 52.9 cm³/mol. The van der Waals surface area contributed by atoms with Gasteiger partial charge in [0.2, 0.25) is 0 Å². The molecule has 68 valence electrons. The molecular formula is C9H12N4. The highest BCUT2D eigenvalue weighted by atomic mass is 15.0. The summed E-state index contributed by atoms with van der Waals surface area (Å²) in [5.41, 5.74) is 2.00. The molecule has 0 atom stereocenters. The maximum absolute atomic E-state index is 4.30. The van der Waals surface area contributed by atoms with Crippen LogP contribution in [0.5, 0.6) is 0 Å². The van der Waals surface area contributed by atoms with Gasteiger partial charge in [0.1, 0.15) is 17.3 Å². The Morgan fingerprint density at radius 3 is 2.77 bits per heavy atom. The molecule has 0 aromatic carbocycles. The minimum Gasteiger partial charge on any atom is -0.372 e. The highest BCUT2D eigenvalue weighted by Gasteiger charge is 2.05. The molecule has 2 N–H and O–H groups in total. The van der Waals surface area contributed by atoms with Crippen LogP contribution in [-0.4, -0.2) is 22.0 Å². The van der Waals surface area contributed by atoms with E-state index in [1.54, 1.807) is 0 Å². The zero-order chi connectivity index (χ0) is 9.42. The van der Waals surface area contributed by atoms with Gasteiger partial charge >= 0.3 is 0 Å². The molecule has 0 aliphatic rings. The van der Waals surface area contributed by atoms with Crippen molar-refractivity contribution >= 4 is 16.9 Å². The first kappa shape index (κ1) is 8.04. The van der Waals surface area contributed by atoms with Crippen LogP contribution in [0.15, 0.2) is 6.07 Å². The van der Waals surface area contributed by atoms with Crippen LogP contribution in [0.3, 0.4) is 0 Å². The fourth-order valence-electron chi connectivity index (χ4n) is 1.44. The van der Waals surface area contributed by atoms with E-state index in [4.69, 9.17) is 0 Å². The van der Waals surface area contributed by atoms with Gasteiger partial charge in [-0.25, -0.2) is 9.97 Å². The third-order valence-electron chi connectivity index (χ3n) is 1.97. The molecule has 0 amide bonds. The van der Waals surface area contributed by atoms with Gasteiger partial charge < -0.3 is 10.3 Å². The number of aromatic amines is 1. The normalized spacial score (nSPS) is 10.7. The molecule has 13 heavy (non-hydrogen) atoms. The summed E-state index contributed by atoms with van der Waals surface area (Å²) < 4.78 is 0. The van der Waals surface area contributed by atoms with E-state index in [-0.39, 0.29) is 0 Å². The Balaban J connectivity index is 2.80. The second-order valence-electron chi connectivity index (χ2n) is 3.08. The van der Waals surface area contributed by atoms with E-state index in [1.807, 2.05) is 27.0 Å². The van der Waals surface area contributed by atoms with Crippen molar-refractivity contribution < 1.29 is 0 Å². The lowest BCUT2D eigenvalue weighted by Gasteiger charge is -2.00. The van der Waals surface area contributed by atoms with Crippen molar-refractivity contribution in [2.24, 2.45) is 0 Å². The topological polar surface area (TPSA) is 53.6 Å². The quantitative estimate of drug-likeness (QED) is 0.694. The lowest BCUT2D eigenvalue weighted by molar-refractivity contribution is 1.08. The summed E-state index contributed by atoms with van der Waals surface area (Å²) in [5, 5.41) is 4.10. The van der Waals surface area contributed by atoms with Crippen LogP contribution in [-0.2, 0) is 0 Å². The largest absolute Gasteiger partial charge is 0.372 e. The molecule has 0 aliphatic carbocycles. The van der Waals surface area contributed by atoms with Crippen molar-refractivity contribution in [2.45, 2.75) is 13.8 Å². The molecule has 0 saturated carbocycles. The van der Waals surface area contributed by atoms with E-state index < -0.39 is 0 Å². The first-order chi connectivity index (χ1) is 6.20. The van der Waals surface area contributed by atoms with Gasteiger partial charge in [-0.05, 0) is 19.9 Å². The van der Waals surface area contributed by atoms with Gasteiger partial charge in [-0.2, -0.15) is 0 Å². The Morgan fingerprint density at radius 2 is 2.08 bits per heavy atom.